The second kappa shape index (κ2) is 5.90. The summed E-state index contributed by atoms with van der Waals surface area (Å²) in [6, 6.07) is 9.92. The van der Waals surface area contributed by atoms with E-state index in [-0.39, 0.29) is 12.6 Å². The van der Waals surface area contributed by atoms with Crippen molar-refractivity contribution in [3.05, 3.63) is 48.4 Å². The molecule has 3 aromatic heterocycles. The van der Waals surface area contributed by atoms with E-state index in [2.05, 4.69) is 20.4 Å². The molecule has 0 spiro atoms. The number of pyridine rings is 1. The maximum atomic E-state index is 11.5. The number of benzene rings is 1. The number of fused-ring (bicyclic) bond motifs is 2. The van der Waals surface area contributed by atoms with Crippen molar-refractivity contribution >= 4 is 28.7 Å². The molecule has 4 aromatic rings. The van der Waals surface area contributed by atoms with Gasteiger partial charge in [0.1, 0.15) is 6.33 Å². The molecule has 0 aliphatic carbocycles. The molecule has 1 N–H and O–H groups in total. The fraction of sp³-hybridized carbons (Fsp3) is 0.176. The molecule has 0 saturated heterocycles. The van der Waals surface area contributed by atoms with Crippen LogP contribution in [0.15, 0.2) is 42.9 Å². The molecule has 0 bridgehead atoms. The molecule has 1 amide bonds. The molecule has 0 aliphatic heterocycles. The standard InChI is InChI=1S/C17H16N6O2/c1-3-25-17(24)20-16-19-15-11(2)8-12(9-23(15)21-16)22-10-18-13-6-4-5-7-14(13)22/h4-10H,3H2,1-2H3,(H,20,21,24). The Kier molecular flexibility index (Phi) is 3.57. The van der Waals surface area contributed by atoms with Gasteiger partial charge in [0.15, 0.2) is 5.65 Å². The highest BCUT2D eigenvalue weighted by molar-refractivity contribution is 5.82. The number of nitrogens with one attached hydrogen (secondary N) is 1. The summed E-state index contributed by atoms with van der Waals surface area (Å²) in [5.74, 6) is 0.203. The van der Waals surface area contributed by atoms with E-state index in [1.165, 1.54) is 0 Å². The highest BCUT2D eigenvalue weighted by Gasteiger charge is 2.12. The predicted octanol–water partition coefficient (Wildman–Crippen LogP) is 2.95. The number of hydrogen-bond donors (Lipinski definition) is 1. The van der Waals surface area contributed by atoms with Crippen LogP contribution < -0.4 is 5.32 Å². The summed E-state index contributed by atoms with van der Waals surface area (Å²) in [5, 5.41) is 6.83. The van der Waals surface area contributed by atoms with E-state index in [9.17, 15) is 4.79 Å². The van der Waals surface area contributed by atoms with Crippen LogP contribution >= 0.6 is 0 Å². The van der Waals surface area contributed by atoms with Crippen molar-refractivity contribution in [1.82, 2.24) is 24.1 Å². The van der Waals surface area contributed by atoms with Crippen molar-refractivity contribution in [2.45, 2.75) is 13.8 Å². The second-order valence-electron chi connectivity index (χ2n) is 5.53. The third kappa shape index (κ3) is 2.67. The molecule has 0 fully saturated rings. The lowest BCUT2D eigenvalue weighted by atomic mass is 10.2. The number of nitrogens with zero attached hydrogens (tertiary/aromatic N) is 5. The van der Waals surface area contributed by atoms with Gasteiger partial charge < -0.3 is 4.74 Å². The fourth-order valence-corrected chi connectivity index (χ4v) is 2.74. The predicted molar refractivity (Wildman–Crippen MR) is 93.0 cm³/mol. The average Bonchev–Trinajstić information content (AvgIpc) is 3.18. The highest BCUT2D eigenvalue weighted by atomic mass is 16.5. The van der Waals surface area contributed by atoms with E-state index in [4.69, 9.17) is 4.74 Å². The largest absolute Gasteiger partial charge is 0.450 e. The normalized spacial score (nSPS) is 11.1. The molecule has 3 heterocycles. The molecular formula is C17H16N6O2. The summed E-state index contributed by atoms with van der Waals surface area (Å²) >= 11 is 0. The van der Waals surface area contributed by atoms with E-state index < -0.39 is 6.09 Å². The molecule has 25 heavy (non-hydrogen) atoms. The van der Waals surface area contributed by atoms with Crippen molar-refractivity contribution in [2.24, 2.45) is 0 Å². The Morgan fingerprint density at radius 3 is 3.00 bits per heavy atom. The van der Waals surface area contributed by atoms with Crippen LogP contribution in [-0.4, -0.2) is 36.8 Å². The highest BCUT2D eigenvalue weighted by Crippen LogP contribution is 2.21. The molecule has 0 atom stereocenters. The van der Waals surface area contributed by atoms with E-state index in [1.807, 2.05) is 48.0 Å². The first-order valence-electron chi connectivity index (χ1n) is 7.89. The number of hydrogen-bond acceptors (Lipinski definition) is 5. The van der Waals surface area contributed by atoms with Gasteiger partial charge in [0.2, 0.25) is 0 Å². The Bertz CT molecular complexity index is 1080. The number of aryl methyl sites for hydroxylation is 1. The van der Waals surface area contributed by atoms with Gasteiger partial charge in [-0.2, -0.15) is 4.98 Å². The number of imidazole rings is 1. The Morgan fingerprint density at radius 2 is 2.16 bits per heavy atom. The molecule has 0 unspecified atom stereocenters. The van der Waals surface area contributed by atoms with E-state index in [1.54, 1.807) is 17.8 Å². The van der Waals surface area contributed by atoms with Gasteiger partial charge in [-0.25, -0.2) is 14.3 Å². The zero-order valence-corrected chi connectivity index (χ0v) is 13.8. The molecule has 0 radical (unpaired) electrons. The minimum atomic E-state index is -0.572. The van der Waals surface area contributed by atoms with E-state index >= 15 is 0 Å². The molecule has 8 nitrogen and oxygen atoms in total. The maximum absolute atomic E-state index is 11.5. The first-order valence-corrected chi connectivity index (χ1v) is 7.89. The van der Waals surface area contributed by atoms with Crippen LogP contribution in [0.5, 0.6) is 0 Å². The lowest BCUT2D eigenvalue weighted by Gasteiger charge is -2.06. The van der Waals surface area contributed by atoms with Crippen molar-refractivity contribution < 1.29 is 9.53 Å². The topological polar surface area (TPSA) is 86.3 Å². The van der Waals surface area contributed by atoms with Crippen molar-refractivity contribution in [1.29, 1.82) is 0 Å². The number of carbonyl (C=O) groups excluding carboxylic acids is 1. The maximum Gasteiger partial charge on any atom is 0.414 e. The number of para-hydroxylation sites is 2. The number of amides is 1. The molecule has 0 saturated carbocycles. The van der Waals surface area contributed by atoms with Gasteiger partial charge in [0.05, 0.1) is 29.5 Å². The van der Waals surface area contributed by atoms with Gasteiger partial charge in [-0.1, -0.05) is 12.1 Å². The van der Waals surface area contributed by atoms with Crippen LogP contribution in [0.2, 0.25) is 0 Å². The number of ether oxygens (including phenoxy) is 1. The zero-order chi connectivity index (χ0) is 17.4. The molecule has 1 aromatic carbocycles. The van der Waals surface area contributed by atoms with Crippen molar-refractivity contribution in [3.8, 4) is 5.69 Å². The number of carbonyl (C=O) groups is 1. The summed E-state index contributed by atoms with van der Waals surface area (Å²) in [7, 11) is 0. The summed E-state index contributed by atoms with van der Waals surface area (Å²) < 4.78 is 8.48. The quantitative estimate of drug-likeness (QED) is 0.621. The summed E-state index contributed by atoms with van der Waals surface area (Å²) in [5.41, 5.74) is 4.43. The molecule has 0 aliphatic rings. The first kappa shape index (κ1) is 15.1. The zero-order valence-electron chi connectivity index (χ0n) is 13.8. The number of rotatable bonds is 3. The number of anilines is 1. The van der Waals surface area contributed by atoms with Gasteiger partial charge in [-0.3, -0.25) is 9.88 Å². The lowest BCUT2D eigenvalue weighted by molar-refractivity contribution is 0.167. The molecule has 8 heteroatoms. The van der Waals surface area contributed by atoms with Gasteiger partial charge in [-0.05, 0) is 37.6 Å². The average molecular weight is 336 g/mol. The summed E-state index contributed by atoms with van der Waals surface area (Å²) in [6.45, 7) is 3.97. The molecule has 126 valence electrons. The van der Waals surface area contributed by atoms with Crippen LogP contribution in [0.25, 0.3) is 22.4 Å². The van der Waals surface area contributed by atoms with Crippen LogP contribution in [0, 0.1) is 6.92 Å². The minimum absolute atomic E-state index is 0.203. The van der Waals surface area contributed by atoms with E-state index in [0.717, 1.165) is 22.3 Å². The Morgan fingerprint density at radius 1 is 1.32 bits per heavy atom. The van der Waals surface area contributed by atoms with Crippen molar-refractivity contribution in [2.75, 3.05) is 11.9 Å². The Labute approximate surface area is 143 Å². The summed E-state index contributed by atoms with van der Waals surface area (Å²) in [4.78, 5) is 20.3. The monoisotopic (exact) mass is 336 g/mol. The van der Waals surface area contributed by atoms with E-state index in [0.29, 0.717) is 5.65 Å². The smallest absolute Gasteiger partial charge is 0.414 e. The fourth-order valence-electron chi connectivity index (χ4n) is 2.74. The summed E-state index contributed by atoms with van der Waals surface area (Å²) in [6.07, 6.45) is 3.05. The van der Waals surface area contributed by atoms with Gasteiger partial charge >= 0.3 is 6.09 Å². The molecular weight excluding hydrogens is 320 g/mol. The van der Waals surface area contributed by atoms with Crippen LogP contribution in [-0.2, 0) is 4.74 Å². The van der Waals surface area contributed by atoms with Gasteiger partial charge in [-0.15, -0.1) is 5.10 Å². The molecule has 4 rings (SSSR count). The lowest BCUT2D eigenvalue weighted by Crippen LogP contribution is -2.14. The van der Waals surface area contributed by atoms with Crippen molar-refractivity contribution in [3.63, 3.8) is 0 Å². The Hall–Kier alpha value is -3.42. The van der Waals surface area contributed by atoms with Crippen LogP contribution in [0.1, 0.15) is 12.5 Å². The van der Waals surface area contributed by atoms with Gasteiger partial charge in [0.25, 0.3) is 5.95 Å². The van der Waals surface area contributed by atoms with Gasteiger partial charge in [0, 0.05) is 0 Å². The third-order valence-corrected chi connectivity index (χ3v) is 3.82. The Balaban J connectivity index is 1.78. The minimum Gasteiger partial charge on any atom is -0.450 e. The van der Waals surface area contributed by atoms with Crippen LogP contribution in [0.3, 0.4) is 0 Å². The second-order valence-corrected chi connectivity index (χ2v) is 5.53. The number of aromatic nitrogens is 5. The first-order chi connectivity index (χ1) is 12.2. The van der Waals surface area contributed by atoms with Crippen LogP contribution in [0.4, 0.5) is 10.7 Å². The SMILES string of the molecule is CCOC(=O)Nc1nc2c(C)cc(-n3cnc4ccccc43)cn2n1. The third-order valence-electron chi connectivity index (χ3n) is 3.82.